The summed E-state index contributed by atoms with van der Waals surface area (Å²) < 4.78 is 5.26. The molecule has 0 saturated heterocycles. The molecule has 0 aliphatic rings. The Morgan fingerprint density at radius 1 is 1.47 bits per heavy atom. The molecule has 0 aliphatic carbocycles. The Bertz CT molecular complexity index is 311. The maximum Gasteiger partial charge on any atom is 0.203 e. The van der Waals surface area contributed by atoms with Gasteiger partial charge in [-0.3, -0.25) is 0 Å². The maximum absolute atomic E-state index is 5.48. The van der Waals surface area contributed by atoms with Gasteiger partial charge in [-0.2, -0.15) is 0 Å². The molecule has 15 heavy (non-hydrogen) atoms. The smallest absolute Gasteiger partial charge is 0.203 e. The lowest BCUT2D eigenvalue weighted by Crippen LogP contribution is -1.91. The van der Waals surface area contributed by atoms with Crippen LogP contribution in [0, 0.1) is 0 Å². The number of hydrogen-bond donors (Lipinski definition) is 1. The van der Waals surface area contributed by atoms with E-state index in [1.807, 2.05) is 6.92 Å². The van der Waals surface area contributed by atoms with Crippen molar-refractivity contribution in [3.8, 4) is 0 Å². The first kappa shape index (κ1) is 12.0. The highest BCUT2D eigenvalue weighted by Crippen LogP contribution is 2.15. The molecule has 1 heterocycles. The van der Waals surface area contributed by atoms with Crippen LogP contribution in [0.4, 0.5) is 5.13 Å². The van der Waals surface area contributed by atoms with Gasteiger partial charge in [0, 0.05) is 12.8 Å². The molecule has 0 radical (unpaired) electrons. The van der Waals surface area contributed by atoms with E-state index in [1.165, 1.54) is 11.3 Å². The number of aryl methyl sites for hydroxylation is 1. The summed E-state index contributed by atoms with van der Waals surface area (Å²) in [7, 11) is 0. The number of hydrogen-bond acceptors (Lipinski definition) is 5. The molecule has 0 saturated carbocycles. The molecule has 1 rings (SSSR count). The molecule has 1 aromatic heterocycles. The molecule has 0 bridgehead atoms. The van der Waals surface area contributed by atoms with Gasteiger partial charge in [0.25, 0.3) is 0 Å². The molecule has 5 heteroatoms. The van der Waals surface area contributed by atoms with Crippen LogP contribution < -0.4 is 5.73 Å². The highest BCUT2D eigenvalue weighted by molar-refractivity contribution is 7.15. The fourth-order valence-electron chi connectivity index (χ4n) is 1.24. The first-order chi connectivity index (χ1) is 7.22. The third kappa shape index (κ3) is 4.78. The van der Waals surface area contributed by atoms with E-state index in [9.17, 15) is 0 Å². The van der Waals surface area contributed by atoms with Crippen LogP contribution in [0.3, 0.4) is 0 Å². The van der Waals surface area contributed by atoms with Crippen LogP contribution in [0.1, 0.15) is 31.2 Å². The lowest BCUT2D eigenvalue weighted by Gasteiger charge is -2.05. The maximum atomic E-state index is 5.48. The van der Waals surface area contributed by atoms with Crippen LogP contribution in [0.15, 0.2) is 12.3 Å². The predicted molar refractivity (Wildman–Crippen MR) is 62.6 cm³/mol. The van der Waals surface area contributed by atoms with E-state index in [-0.39, 0.29) is 0 Å². The minimum absolute atomic E-state index is 0.545. The molecule has 4 nitrogen and oxygen atoms in total. The minimum Gasteiger partial charge on any atom is -0.499 e. The van der Waals surface area contributed by atoms with Crippen molar-refractivity contribution in [2.24, 2.45) is 0 Å². The van der Waals surface area contributed by atoms with Crippen molar-refractivity contribution in [3.63, 3.8) is 0 Å². The van der Waals surface area contributed by atoms with Gasteiger partial charge in [-0.1, -0.05) is 17.9 Å². The van der Waals surface area contributed by atoms with Crippen LogP contribution in [0.25, 0.3) is 0 Å². The summed E-state index contributed by atoms with van der Waals surface area (Å²) in [5.41, 5.74) is 5.48. The van der Waals surface area contributed by atoms with E-state index in [1.54, 1.807) is 0 Å². The van der Waals surface area contributed by atoms with Gasteiger partial charge in [0.15, 0.2) is 0 Å². The second kappa shape index (κ2) is 6.40. The van der Waals surface area contributed by atoms with Crippen LogP contribution in [0.5, 0.6) is 0 Å². The van der Waals surface area contributed by atoms with Crippen molar-refractivity contribution >= 4 is 16.5 Å². The van der Waals surface area contributed by atoms with Crippen molar-refractivity contribution in [1.29, 1.82) is 0 Å². The Morgan fingerprint density at radius 2 is 2.27 bits per heavy atom. The van der Waals surface area contributed by atoms with E-state index in [0.29, 0.717) is 11.7 Å². The fourth-order valence-corrected chi connectivity index (χ4v) is 1.89. The molecule has 1 aromatic rings. The molecule has 0 unspecified atom stereocenters. The van der Waals surface area contributed by atoms with Gasteiger partial charge >= 0.3 is 0 Å². The SMILES string of the molecule is C=C(CCCCc1nnc(N)s1)OCC. The molecular formula is C10H17N3OS. The number of aromatic nitrogens is 2. The number of rotatable bonds is 7. The van der Waals surface area contributed by atoms with Gasteiger partial charge in [-0.05, 0) is 19.8 Å². The van der Waals surface area contributed by atoms with Crippen LogP contribution in [-0.4, -0.2) is 16.8 Å². The van der Waals surface area contributed by atoms with Crippen LogP contribution in [-0.2, 0) is 11.2 Å². The van der Waals surface area contributed by atoms with E-state index in [0.717, 1.165) is 36.5 Å². The second-order valence-corrected chi connectivity index (χ2v) is 4.31. The Morgan fingerprint density at radius 3 is 2.87 bits per heavy atom. The summed E-state index contributed by atoms with van der Waals surface area (Å²) in [5, 5.41) is 9.28. The second-order valence-electron chi connectivity index (χ2n) is 3.21. The van der Waals surface area contributed by atoms with Gasteiger partial charge in [0.1, 0.15) is 5.01 Å². The monoisotopic (exact) mass is 227 g/mol. The first-order valence-electron chi connectivity index (χ1n) is 5.10. The molecule has 84 valence electrons. The fraction of sp³-hybridized carbons (Fsp3) is 0.600. The van der Waals surface area contributed by atoms with Gasteiger partial charge in [0.05, 0.1) is 12.4 Å². The lowest BCUT2D eigenvalue weighted by atomic mass is 10.2. The Labute approximate surface area is 94.2 Å². The highest BCUT2D eigenvalue weighted by atomic mass is 32.1. The average Bonchev–Trinajstić information content (AvgIpc) is 2.60. The largest absolute Gasteiger partial charge is 0.499 e. The zero-order chi connectivity index (χ0) is 11.1. The summed E-state index contributed by atoms with van der Waals surface area (Å²) in [6.07, 6.45) is 4.00. The Balaban J connectivity index is 2.09. The summed E-state index contributed by atoms with van der Waals surface area (Å²) in [6.45, 7) is 6.49. The Kier molecular flexibility index (Phi) is 5.10. The van der Waals surface area contributed by atoms with Gasteiger partial charge < -0.3 is 10.5 Å². The zero-order valence-electron chi connectivity index (χ0n) is 9.03. The number of nitrogens with two attached hydrogens (primary N) is 1. The molecule has 0 amide bonds. The third-order valence-corrected chi connectivity index (χ3v) is 2.74. The molecule has 0 aliphatic heterocycles. The van der Waals surface area contributed by atoms with Gasteiger partial charge in [-0.25, -0.2) is 0 Å². The summed E-state index contributed by atoms with van der Waals surface area (Å²) in [5.74, 6) is 0.870. The standard InChI is InChI=1S/C10H17N3OS/c1-3-14-8(2)6-4-5-7-9-12-13-10(11)15-9/h2-7H2,1H3,(H2,11,13). The van der Waals surface area contributed by atoms with Crippen LogP contribution >= 0.6 is 11.3 Å². The van der Waals surface area contributed by atoms with Crippen molar-refractivity contribution in [1.82, 2.24) is 10.2 Å². The molecule has 0 atom stereocenters. The van der Waals surface area contributed by atoms with Crippen molar-refractivity contribution in [3.05, 3.63) is 17.3 Å². The zero-order valence-corrected chi connectivity index (χ0v) is 9.85. The number of nitrogen functional groups attached to an aromatic ring is 1. The Hall–Kier alpha value is -1.10. The van der Waals surface area contributed by atoms with E-state index in [2.05, 4.69) is 16.8 Å². The van der Waals surface area contributed by atoms with Crippen molar-refractivity contribution < 1.29 is 4.74 Å². The topological polar surface area (TPSA) is 61.0 Å². The third-order valence-electron chi connectivity index (χ3n) is 1.93. The first-order valence-corrected chi connectivity index (χ1v) is 5.92. The number of allylic oxidation sites excluding steroid dienone is 1. The average molecular weight is 227 g/mol. The van der Waals surface area contributed by atoms with Crippen molar-refractivity contribution in [2.45, 2.75) is 32.6 Å². The van der Waals surface area contributed by atoms with E-state index < -0.39 is 0 Å². The molecule has 0 fully saturated rings. The van der Waals surface area contributed by atoms with Gasteiger partial charge in [0.2, 0.25) is 5.13 Å². The number of nitrogens with zero attached hydrogens (tertiary/aromatic N) is 2. The normalized spacial score (nSPS) is 10.2. The van der Waals surface area contributed by atoms with E-state index in [4.69, 9.17) is 10.5 Å². The number of ether oxygens (including phenoxy) is 1. The number of anilines is 1. The summed E-state index contributed by atoms with van der Waals surface area (Å²) in [4.78, 5) is 0. The molecule has 0 spiro atoms. The van der Waals surface area contributed by atoms with E-state index >= 15 is 0 Å². The van der Waals surface area contributed by atoms with Crippen molar-refractivity contribution in [2.75, 3.05) is 12.3 Å². The number of unbranched alkanes of at least 4 members (excludes halogenated alkanes) is 1. The summed E-state index contributed by atoms with van der Waals surface area (Å²) in [6, 6.07) is 0. The quantitative estimate of drug-likeness (QED) is 0.574. The van der Waals surface area contributed by atoms with Gasteiger partial charge in [-0.15, -0.1) is 10.2 Å². The molecule has 0 aromatic carbocycles. The minimum atomic E-state index is 0.545. The summed E-state index contributed by atoms with van der Waals surface area (Å²) >= 11 is 1.46. The lowest BCUT2D eigenvalue weighted by molar-refractivity contribution is 0.218. The predicted octanol–water partition coefficient (Wildman–Crippen LogP) is 2.38. The molecular weight excluding hydrogens is 210 g/mol. The molecule has 2 N–H and O–H groups in total. The van der Waals surface area contributed by atoms with Crippen LogP contribution in [0.2, 0.25) is 0 Å². The highest BCUT2D eigenvalue weighted by Gasteiger charge is 2.01.